The van der Waals surface area contributed by atoms with E-state index in [2.05, 4.69) is 12.8 Å². The predicted octanol–water partition coefficient (Wildman–Crippen LogP) is 0.0919. The summed E-state index contributed by atoms with van der Waals surface area (Å²) < 4.78 is 23.5. The summed E-state index contributed by atoms with van der Waals surface area (Å²) in [5, 5.41) is 0. The number of rotatable bonds is 2. The fourth-order valence-electron chi connectivity index (χ4n) is 0.932. The highest BCUT2D eigenvalue weighted by molar-refractivity contribution is 7.92. The van der Waals surface area contributed by atoms with Crippen molar-refractivity contribution in [2.24, 2.45) is 0 Å². The summed E-state index contributed by atoms with van der Waals surface area (Å²) in [6, 6.07) is 6.81. The molecule has 0 aliphatic heterocycles. The number of sulfonamides is 1. The Morgan fingerprint density at radius 3 is 2.42 bits per heavy atom. The van der Waals surface area contributed by atoms with Gasteiger partial charge < -0.3 is 0 Å². The molecule has 0 aliphatic carbocycles. The minimum Gasteiger partial charge on any atom is -0.178 e. The van der Waals surface area contributed by atoms with Crippen molar-refractivity contribution < 1.29 is 12.5 Å². The van der Waals surface area contributed by atoms with E-state index in [4.69, 9.17) is 0 Å². The molecule has 0 aliphatic rings. The van der Waals surface area contributed by atoms with E-state index in [-0.39, 0.29) is 0 Å². The second-order valence-electron chi connectivity index (χ2n) is 2.42. The first-order valence-electron chi connectivity index (χ1n) is 3.36. The Morgan fingerprint density at radius 1 is 1.33 bits per heavy atom. The van der Waals surface area contributed by atoms with Crippen LogP contribution in [0, 0.1) is 6.92 Å². The molecule has 0 amide bonds. The average molecular weight is 204 g/mol. The Balaban J connectivity index is 3.30. The van der Waals surface area contributed by atoms with E-state index in [0.717, 1.165) is 9.69 Å². The summed E-state index contributed by atoms with van der Waals surface area (Å²) in [6.45, 7) is 1.75. The Morgan fingerprint density at radius 2 is 1.92 bits per heavy atom. The van der Waals surface area contributed by atoms with Gasteiger partial charge in [0, 0.05) is 0 Å². The van der Waals surface area contributed by atoms with Gasteiger partial charge in [-0.2, -0.15) is 12.5 Å². The fraction of sp³-hybridized carbons (Fsp3) is 0.143. The molecule has 3 nitrogen and oxygen atoms in total. The molecule has 0 fully saturated rings. The highest BCUT2D eigenvalue weighted by atomic mass is 32.3. The molecule has 1 aromatic carbocycles. The summed E-state index contributed by atoms with van der Waals surface area (Å²) in [6.07, 6.45) is 0. The normalized spacial score (nSPS) is 11.5. The zero-order valence-electron chi connectivity index (χ0n) is 6.56. The van der Waals surface area contributed by atoms with E-state index < -0.39 is 10.0 Å². The van der Waals surface area contributed by atoms with E-state index >= 15 is 0 Å². The molecule has 0 bridgehead atoms. The Hall–Kier alpha value is -0.520. The quantitative estimate of drug-likeness (QED) is 0.671. The third-order valence-corrected chi connectivity index (χ3v) is 3.72. The van der Waals surface area contributed by atoms with Crippen LogP contribution in [0.25, 0.3) is 0 Å². The van der Waals surface area contributed by atoms with E-state index in [0.29, 0.717) is 4.90 Å². The minimum absolute atomic E-state index is 0.319. The second-order valence-corrected chi connectivity index (χ2v) is 4.79. The summed E-state index contributed by atoms with van der Waals surface area (Å²) in [4.78, 5) is 0.319. The molecule has 12 heavy (non-hydrogen) atoms. The fourth-order valence-corrected chi connectivity index (χ4v) is 2.17. The van der Waals surface area contributed by atoms with Gasteiger partial charge in [-0.25, -0.2) is 0 Å². The van der Waals surface area contributed by atoms with Crippen LogP contribution >= 0.6 is 12.8 Å². The van der Waals surface area contributed by atoms with Crippen molar-refractivity contribution in [2.75, 3.05) is 0 Å². The lowest BCUT2D eigenvalue weighted by molar-refractivity contribution is -0.285. The van der Waals surface area contributed by atoms with E-state index in [1.807, 2.05) is 0 Å². The largest absolute Gasteiger partial charge is 0.334 e. The van der Waals surface area contributed by atoms with Crippen LogP contribution in [0.3, 0.4) is 0 Å². The zero-order valence-corrected chi connectivity index (χ0v) is 8.27. The third-order valence-electron chi connectivity index (χ3n) is 1.54. The standard InChI is InChI=1S/C7H9NO2S2/c1-6-4-2-3-5-7(6)12(9,10)8-11/h2-5,8,11H,1H3/p+1. The second kappa shape index (κ2) is 3.47. The van der Waals surface area contributed by atoms with Gasteiger partial charge in [0.15, 0.2) is 0 Å². The Kier molecular flexibility index (Phi) is 2.76. The maximum atomic E-state index is 11.3. The number of hydrogen-bond acceptors (Lipinski definition) is 3. The maximum Gasteiger partial charge on any atom is 0.334 e. The molecule has 0 saturated carbocycles. The molecule has 0 aromatic heterocycles. The lowest BCUT2D eigenvalue weighted by atomic mass is 10.2. The first-order chi connectivity index (χ1) is 5.58. The summed E-state index contributed by atoms with van der Waals surface area (Å²) >= 11 is 3.65. The monoisotopic (exact) mass is 204 g/mol. The van der Waals surface area contributed by atoms with E-state index in [1.54, 1.807) is 31.2 Å². The maximum absolute atomic E-state index is 11.3. The number of hydrogen-bond donors (Lipinski definition) is 2. The van der Waals surface area contributed by atoms with Crippen molar-refractivity contribution >= 4 is 22.8 Å². The number of nitrogens with two attached hydrogens (primary N) is 1. The van der Waals surface area contributed by atoms with Gasteiger partial charge in [-0.15, -0.1) is 0 Å². The van der Waals surface area contributed by atoms with E-state index in [1.165, 1.54) is 0 Å². The topological polar surface area (TPSA) is 50.8 Å². The van der Waals surface area contributed by atoms with Crippen LogP contribution in [-0.2, 0) is 10.0 Å². The zero-order chi connectivity index (χ0) is 9.19. The number of benzene rings is 1. The first kappa shape index (κ1) is 9.57. The first-order valence-corrected chi connectivity index (χ1v) is 5.42. The van der Waals surface area contributed by atoms with Gasteiger partial charge in [-0.05, 0) is 18.6 Å². The molecule has 0 saturated heterocycles. The van der Waals surface area contributed by atoms with Gasteiger partial charge >= 0.3 is 10.0 Å². The van der Waals surface area contributed by atoms with Crippen LogP contribution in [0.1, 0.15) is 5.56 Å². The van der Waals surface area contributed by atoms with Crippen molar-refractivity contribution in [1.82, 2.24) is 0 Å². The SMILES string of the molecule is Cc1ccccc1S(=O)(=O)[NH2+]S. The third kappa shape index (κ3) is 1.80. The predicted molar refractivity (Wildman–Crippen MR) is 49.3 cm³/mol. The van der Waals surface area contributed by atoms with Gasteiger partial charge in [0.25, 0.3) is 0 Å². The number of quaternary nitrogens is 1. The smallest absolute Gasteiger partial charge is 0.178 e. The molecule has 2 N–H and O–H groups in total. The molecule has 66 valence electrons. The number of primary sulfonamides is 1. The van der Waals surface area contributed by atoms with Crippen molar-refractivity contribution in [3.63, 3.8) is 0 Å². The van der Waals surface area contributed by atoms with Gasteiger partial charge in [0.05, 0.1) is 12.8 Å². The number of aryl methyl sites for hydroxylation is 1. The molecule has 0 radical (unpaired) electrons. The van der Waals surface area contributed by atoms with Gasteiger partial charge in [-0.1, -0.05) is 18.2 Å². The molecule has 5 heteroatoms. The van der Waals surface area contributed by atoms with E-state index in [9.17, 15) is 8.42 Å². The Bertz CT molecular complexity index is 373. The molecule has 1 aromatic rings. The molecule has 0 spiro atoms. The minimum atomic E-state index is -3.29. The van der Waals surface area contributed by atoms with Gasteiger partial charge in [-0.3, -0.25) is 0 Å². The van der Waals surface area contributed by atoms with Crippen molar-refractivity contribution in [2.45, 2.75) is 11.8 Å². The van der Waals surface area contributed by atoms with Gasteiger partial charge in [0.2, 0.25) is 0 Å². The van der Waals surface area contributed by atoms with Gasteiger partial charge in [0.1, 0.15) is 4.90 Å². The van der Waals surface area contributed by atoms with Crippen LogP contribution in [0.2, 0.25) is 0 Å². The van der Waals surface area contributed by atoms with Crippen LogP contribution in [-0.4, -0.2) is 8.42 Å². The highest BCUT2D eigenvalue weighted by Gasteiger charge is 2.17. The van der Waals surface area contributed by atoms with Crippen LogP contribution in [0.4, 0.5) is 0 Å². The molecular weight excluding hydrogens is 194 g/mol. The highest BCUT2D eigenvalue weighted by Crippen LogP contribution is 2.10. The van der Waals surface area contributed by atoms with Crippen LogP contribution in [0.15, 0.2) is 29.2 Å². The lowest BCUT2D eigenvalue weighted by Gasteiger charge is -2.00. The molecule has 1 rings (SSSR count). The molecule has 0 heterocycles. The lowest BCUT2D eigenvalue weighted by Crippen LogP contribution is -2.76. The average Bonchev–Trinajstić information content (AvgIpc) is 2.05. The van der Waals surface area contributed by atoms with Crippen LogP contribution < -0.4 is 4.13 Å². The summed E-state index contributed by atoms with van der Waals surface area (Å²) in [5.41, 5.74) is 0.739. The van der Waals surface area contributed by atoms with Crippen molar-refractivity contribution in [3.05, 3.63) is 29.8 Å². The Labute approximate surface area is 77.4 Å². The summed E-state index contributed by atoms with van der Waals surface area (Å²) in [7, 11) is -3.29. The summed E-state index contributed by atoms with van der Waals surface area (Å²) in [5.74, 6) is 0. The van der Waals surface area contributed by atoms with Crippen molar-refractivity contribution in [3.8, 4) is 0 Å². The molecule has 0 atom stereocenters. The molecular formula is C7H10NO2S2+. The van der Waals surface area contributed by atoms with Crippen molar-refractivity contribution in [1.29, 1.82) is 0 Å². The van der Waals surface area contributed by atoms with Crippen LogP contribution in [0.5, 0.6) is 0 Å². The molecule has 0 unspecified atom stereocenters. The number of thiol groups is 1.